The highest BCUT2D eigenvalue weighted by molar-refractivity contribution is 7.91. The molecule has 1 aromatic heterocycles. The molecule has 7 heteroatoms. The first-order valence-electron chi connectivity index (χ1n) is 7.03. The lowest BCUT2D eigenvalue weighted by atomic mass is 10.3. The van der Waals surface area contributed by atoms with Crippen molar-refractivity contribution in [3.8, 4) is 0 Å². The van der Waals surface area contributed by atoms with Crippen molar-refractivity contribution < 1.29 is 8.42 Å². The van der Waals surface area contributed by atoms with Gasteiger partial charge in [-0.1, -0.05) is 6.07 Å². The Kier molecular flexibility index (Phi) is 3.41. The number of para-hydroxylation sites is 1. The molecule has 1 saturated carbocycles. The molecule has 0 unspecified atom stereocenters. The number of sulfone groups is 1. The summed E-state index contributed by atoms with van der Waals surface area (Å²) in [6, 6.07) is 5.86. The minimum Gasteiger partial charge on any atom is -0.369 e. The predicted octanol–water partition coefficient (Wildman–Crippen LogP) is 1.12. The van der Waals surface area contributed by atoms with E-state index in [9.17, 15) is 8.42 Å². The molecule has 0 saturated heterocycles. The van der Waals surface area contributed by atoms with Gasteiger partial charge in [0.15, 0.2) is 9.84 Å². The smallest absolute Gasteiger partial charge is 0.201 e. The maximum Gasteiger partial charge on any atom is 0.201 e. The fraction of sp³-hybridized carbons (Fsp3) is 0.500. The zero-order valence-corrected chi connectivity index (χ0v) is 13.1. The number of likely N-dealkylation sites (N-methyl/N-ethyl adjacent to an activating group) is 1. The normalized spacial score (nSPS) is 16.0. The van der Waals surface area contributed by atoms with Gasteiger partial charge in [0.25, 0.3) is 0 Å². The highest BCUT2D eigenvalue weighted by atomic mass is 32.2. The molecule has 1 aliphatic carbocycles. The van der Waals surface area contributed by atoms with Gasteiger partial charge < -0.3 is 15.2 Å². The van der Waals surface area contributed by atoms with Crippen molar-refractivity contribution in [2.24, 2.45) is 0 Å². The van der Waals surface area contributed by atoms with Crippen LogP contribution in [-0.2, 0) is 16.4 Å². The Hall–Kier alpha value is -1.60. The first kappa shape index (κ1) is 14.3. The largest absolute Gasteiger partial charge is 0.369 e. The summed E-state index contributed by atoms with van der Waals surface area (Å²) in [6.45, 7) is 1.59. The third-order valence-electron chi connectivity index (χ3n) is 4.02. The molecule has 2 aromatic rings. The molecule has 6 nitrogen and oxygen atoms in total. The maximum absolute atomic E-state index is 11.8. The number of aromatic nitrogens is 2. The summed E-state index contributed by atoms with van der Waals surface area (Å²) in [4.78, 5) is 6.81. The van der Waals surface area contributed by atoms with Crippen LogP contribution in [-0.4, -0.2) is 48.8 Å². The molecule has 1 aliphatic rings. The number of nitrogens with zero attached hydrogens (tertiary/aromatic N) is 3. The first-order chi connectivity index (χ1) is 9.88. The highest BCUT2D eigenvalue weighted by Gasteiger charge is 2.26. The summed E-state index contributed by atoms with van der Waals surface area (Å²) in [5, 5.41) is 0. The van der Waals surface area contributed by atoms with Crippen LogP contribution in [0, 0.1) is 0 Å². The van der Waals surface area contributed by atoms with Crippen LogP contribution in [0.1, 0.15) is 12.8 Å². The van der Waals surface area contributed by atoms with E-state index in [-0.39, 0.29) is 4.90 Å². The average Bonchev–Trinajstić information content (AvgIpc) is 3.19. The quantitative estimate of drug-likeness (QED) is 0.895. The van der Waals surface area contributed by atoms with E-state index in [2.05, 4.69) is 16.9 Å². The van der Waals surface area contributed by atoms with Crippen LogP contribution in [0.4, 0.5) is 5.95 Å². The van der Waals surface area contributed by atoms with E-state index >= 15 is 0 Å². The molecule has 3 rings (SSSR count). The maximum atomic E-state index is 11.8. The van der Waals surface area contributed by atoms with Gasteiger partial charge in [-0.25, -0.2) is 13.4 Å². The fourth-order valence-electron chi connectivity index (χ4n) is 2.63. The number of hydrogen-bond donors (Lipinski definition) is 1. The molecule has 0 bridgehead atoms. The van der Waals surface area contributed by atoms with Crippen molar-refractivity contribution in [1.29, 1.82) is 0 Å². The minimum atomic E-state index is -3.31. The Morgan fingerprint density at radius 2 is 2.14 bits per heavy atom. The van der Waals surface area contributed by atoms with Gasteiger partial charge in [-0.3, -0.25) is 0 Å². The zero-order chi connectivity index (χ0) is 15.2. The molecule has 1 heterocycles. The Balaban J connectivity index is 1.97. The Morgan fingerprint density at radius 3 is 2.76 bits per heavy atom. The number of fused-ring (bicyclic) bond motifs is 1. The Labute approximate surface area is 124 Å². The molecule has 0 amide bonds. The molecule has 2 N–H and O–H groups in total. The van der Waals surface area contributed by atoms with Crippen LogP contribution in [0.25, 0.3) is 11.0 Å². The topological polar surface area (TPSA) is 81.2 Å². The SMILES string of the molecule is CN(CCn1c(N)nc2c(S(C)(=O)=O)cccc21)C1CC1. The van der Waals surface area contributed by atoms with Crippen LogP contribution >= 0.6 is 0 Å². The van der Waals surface area contributed by atoms with Crippen molar-refractivity contribution >= 4 is 26.8 Å². The Bertz CT molecular complexity index is 778. The lowest BCUT2D eigenvalue weighted by Crippen LogP contribution is -2.25. The van der Waals surface area contributed by atoms with Crippen molar-refractivity contribution in [3.63, 3.8) is 0 Å². The molecular formula is C14H20N4O2S. The molecule has 21 heavy (non-hydrogen) atoms. The van der Waals surface area contributed by atoms with Crippen LogP contribution < -0.4 is 5.73 Å². The summed E-state index contributed by atoms with van der Waals surface area (Å²) in [5.74, 6) is 0.366. The van der Waals surface area contributed by atoms with Crippen LogP contribution in [0.2, 0.25) is 0 Å². The van der Waals surface area contributed by atoms with Gasteiger partial charge in [0.1, 0.15) is 5.52 Å². The van der Waals surface area contributed by atoms with Crippen molar-refractivity contribution in [3.05, 3.63) is 18.2 Å². The molecule has 114 valence electrons. The molecule has 1 fully saturated rings. The van der Waals surface area contributed by atoms with Crippen LogP contribution in [0.15, 0.2) is 23.1 Å². The number of anilines is 1. The summed E-state index contributed by atoms with van der Waals surface area (Å²) in [7, 11) is -1.20. The van der Waals surface area contributed by atoms with Gasteiger partial charge in [-0.05, 0) is 32.0 Å². The van der Waals surface area contributed by atoms with E-state index < -0.39 is 9.84 Å². The second kappa shape index (κ2) is 4.99. The van der Waals surface area contributed by atoms with E-state index in [1.54, 1.807) is 12.1 Å². The summed E-state index contributed by atoms with van der Waals surface area (Å²) < 4.78 is 25.6. The molecule has 0 atom stereocenters. The van der Waals surface area contributed by atoms with E-state index in [4.69, 9.17) is 5.73 Å². The fourth-order valence-corrected chi connectivity index (χ4v) is 3.46. The molecule has 0 aliphatic heterocycles. The van der Waals surface area contributed by atoms with Gasteiger partial charge in [-0.15, -0.1) is 0 Å². The summed E-state index contributed by atoms with van der Waals surface area (Å²) in [6.07, 6.45) is 3.71. The van der Waals surface area contributed by atoms with Gasteiger partial charge in [0.05, 0.1) is 10.4 Å². The zero-order valence-electron chi connectivity index (χ0n) is 12.3. The van der Waals surface area contributed by atoms with Gasteiger partial charge >= 0.3 is 0 Å². The lowest BCUT2D eigenvalue weighted by Gasteiger charge is -2.16. The van der Waals surface area contributed by atoms with Crippen molar-refractivity contribution in [2.45, 2.75) is 30.3 Å². The van der Waals surface area contributed by atoms with Gasteiger partial charge in [0, 0.05) is 25.4 Å². The third kappa shape index (κ3) is 2.75. The van der Waals surface area contributed by atoms with Crippen molar-refractivity contribution in [2.75, 3.05) is 25.6 Å². The number of hydrogen-bond acceptors (Lipinski definition) is 5. The predicted molar refractivity (Wildman–Crippen MR) is 82.9 cm³/mol. The number of benzene rings is 1. The number of imidazole rings is 1. The first-order valence-corrected chi connectivity index (χ1v) is 8.92. The van der Waals surface area contributed by atoms with E-state index in [1.165, 1.54) is 19.1 Å². The van der Waals surface area contributed by atoms with E-state index in [1.807, 2.05) is 10.6 Å². The number of rotatable bonds is 5. The second-order valence-corrected chi connectivity index (χ2v) is 7.71. The van der Waals surface area contributed by atoms with Crippen molar-refractivity contribution in [1.82, 2.24) is 14.5 Å². The molecule has 0 radical (unpaired) electrons. The molecular weight excluding hydrogens is 288 g/mol. The molecule has 0 spiro atoms. The standard InChI is InChI=1S/C14H20N4O2S/c1-17(10-6-7-10)8-9-18-11-4-3-5-12(21(2,19)20)13(11)16-14(18)15/h3-5,10H,6-9H2,1-2H3,(H2,15,16). The highest BCUT2D eigenvalue weighted by Crippen LogP contribution is 2.27. The monoisotopic (exact) mass is 308 g/mol. The summed E-state index contributed by atoms with van der Waals surface area (Å²) in [5.41, 5.74) is 7.22. The van der Waals surface area contributed by atoms with E-state index in [0.29, 0.717) is 24.1 Å². The summed E-state index contributed by atoms with van der Waals surface area (Å²) >= 11 is 0. The lowest BCUT2D eigenvalue weighted by molar-refractivity contribution is 0.311. The minimum absolute atomic E-state index is 0.237. The van der Waals surface area contributed by atoms with Gasteiger partial charge in [-0.2, -0.15) is 0 Å². The molecule has 1 aromatic carbocycles. The third-order valence-corrected chi connectivity index (χ3v) is 5.15. The van der Waals surface area contributed by atoms with Gasteiger partial charge in [0.2, 0.25) is 5.95 Å². The number of nitrogen functional groups attached to an aromatic ring is 1. The second-order valence-electron chi connectivity index (χ2n) is 5.73. The number of nitrogens with two attached hydrogens (primary N) is 1. The average molecular weight is 308 g/mol. The van der Waals surface area contributed by atoms with Crippen LogP contribution in [0.5, 0.6) is 0 Å². The van der Waals surface area contributed by atoms with Crippen LogP contribution in [0.3, 0.4) is 0 Å². The Morgan fingerprint density at radius 1 is 1.43 bits per heavy atom. The van der Waals surface area contributed by atoms with E-state index in [0.717, 1.165) is 12.1 Å².